The Kier molecular flexibility index (Phi) is 5.12. The Morgan fingerprint density at radius 1 is 1.17 bits per heavy atom. The van der Waals surface area contributed by atoms with Gasteiger partial charge >= 0.3 is 6.18 Å². The maximum atomic E-state index is 13.1. The highest BCUT2D eigenvalue weighted by atomic mass is 32.1. The number of hydrogen-bond acceptors (Lipinski definition) is 7. The third-order valence-corrected chi connectivity index (χ3v) is 6.67. The van der Waals surface area contributed by atoms with E-state index in [0.717, 1.165) is 37.0 Å². The number of benzene rings is 1. The van der Waals surface area contributed by atoms with E-state index in [-0.39, 0.29) is 28.3 Å². The number of rotatable bonds is 3. The van der Waals surface area contributed by atoms with Crippen LogP contribution >= 0.6 is 11.3 Å². The highest BCUT2D eigenvalue weighted by Crippen LogP contribution is 2.38. The van der Waals surface area contributed by atoms with Gasteiger partial charge in [0.05, 0.1) is 22.4 Å². The maximum Gasteiger partial charge on any atom is 0.416 e. The van der Waals surface area contributed by atoms with Crippen LogP contribution in [0.1, 0.15) is 31.2 Å². The number of nitrogens with zero attached hydrogens (tertiary/aromatic N) is 4. The first-order valence-electron chi connectivity index (χ1n) is 9.40. The molecule has 30 heavy (non-hydrogen) atoms. The molecule has 12 heteroatoms. The monoisotopic (exact) mass is 442 g/mol. The molecule has 160 valence electrons. The molecule has 0 bridgehead atoms. The molecule has 2 heterocycles. The van der Waals surface area contributed by atoms with E-state index in [1.807, 2.05) is 4.90 Å². The van der Waals surface area contributed by atoms with Crippen molar-refractivity contribution in [3.63, 3.8) is 0 Å². The van der Waals surface area contributed by atoms with E-state index >= 15 is 0 Å². The first kappa shape index (κ1) is 20.5. The van der Waals surface area contributed by atoms with Crippen LogP contribution in [-0.4, -0.2) is 46.4 Å². The van der Waals surface area contributed by atoms with Crippen LogP contribution in [0.4, 0.5) is 24.0 Å². The molecule has 4 rings (SSSR count). The number of aromatic nitrogens is 1. The molecule has 1 aromatic heterocycles. The highest BCUT2D eigenvalue weighted by molar-refractivity contribution is 7.22. The van der Waals surface area contributed by atoms with Crippen molar-refractivity contribution in [2.75, 3.05) is 24.5 Å². The van der Waals surface area contributed by atoms with Crippen LogP contribution in [0.5, 0.6) is 0 Å². The zero-order valence-corrected chi connectivity index (χ0v) is 16.5. The number of carbonyl (C=O) groups excluding carboxylic acids is 1. The molecule has 1 saturated heterocycles. The number of alkyl halides is 3. The summed E-state index contributed by atoms with van der Waals surface area (Å²) in [6, 6.07) is 1.22. The van der Waals surface area contributed by atoms with Crippen molar-refractivity contribution < 1.29 is 22.9 Å². The lowest BCUT2D eigenvalue weighted by atomic mass is 10.1. The van der Waals surface area contributed by atoms with E-state index in [1.54, 1.807) is 4.90 Å². The fourth-order valence-electron chi connectivity index (χ4n) is 4.03. The number of nitro benzene ring substituents is 1. The molecule has 0 unspecified atom stereocenters. The summed E-state index contributed by atoms with van der Waals surface area (Å²) in [6.45, 7) is 0.809. The Morgan fingerprint density at radius 3 is 2.47 bits per heavy atom. The van der Waals surface area contributed by atoms with Crippen molar-refractivity contribution >= 4 is 38.1 Å². The minimum Gasteiger partial charge on any atom is -0.337 e. The highest BCUT2D eigenvalue weighted by Gasteiger charge is 2.35. The van der Waals surface area contributed by atoms with Crippen molar-refractivity contribution in [1.82, 2.24) is 9.88 Å². The van der Waals surface area contributed by atoms with E-state index in [2.05, 4.69) is 4.98 Å². The topological polar surface area (TPSA) is 96.6 Å². The minimum atomic E-state index is -4.84. The summed E-state index contributed by atoms with van der Waals surface area (Å²) >= 11 is 0.752. The minimum absolute atomic E-state index is 0.0284. The number of anilines is 1. The lowest BCUT2D eigenvalue weighted by molar-refractivity contribution is -0.383. The van der Waals surface area contributed by atoms with E-state index < -0.39 is 33.3 Å². The summed E-state index contributed by atoms with van der Waals surface area (Å²) in [5, 5.41) is 11.0. The molecule has 2 fully saturated rings. The molecular formula is C18H17F3N4O4S. The molecule has 2 aromatic rings. The van der Waals surface area contributed by atoms with Crippen LogP contribution in [0.2, 0.25) is 0 Å². The Balaban J connectivity index is 1.71. The van der Waals surface area contributed by atoms with Gasteiger partial charge in [-0.15, -0.1) is 0 Å². The predicted octanol–water partition coefficient (Wildman–Crippen LogP) is 3.17. The number of carbonyl (C=O) groups is 1. The fraction of sp³-hybridized carbons (Fsp3) is 0.500. The third-order valence-electron chi connectivity index (χ3n) is 5.51. The molecule has 2 aliphatic rings. The van der Waals surface area contributed by atoms with Crippen molar-refractivity contribution in [3.05, 3.63) is 38.2 Å². The average molecular weight is 442 g/mol. The lowest BCUT2D eigenvalue weighted by Crippen LogP contribution is -2.53. The van der Waals surface area contributed by atoms with Gasteiger partial charge in [-0.3, -0.25) is 19.7 Å². The molecule has 0 spiro atoms. The second-order valence-corrected chi connectivity index (χ2v) is 8.35. The van der Waals surface area contributed by atoms with Crippen molar-refractivity contribution in [1.29, 1.82) is 0 Å². The predicted molar refractivity (Wildman–Crippen MR) is 104 cm³/mol. The number of non-ortho nitro benzene ring substituents is 1. The van der Waals surface area contributed by atoms with Gasteiger partial charge in [0.15, 0.2) is 5.13 Å². The maximum absolute atomic E-state index is 13.1. The van der Waals surface area contributed by atoms with Gasteiger partial charge < -0.3 is 9.80 Å². The van der Waals surface area contributed by atoms with Gasteiger partial charge in [0, 0.05) is 25.2 Å². The summed E-state index contributed by atoms with van der Waals surface area (Å²) in [5.74, 6) is -0.114. The molecule has 1 aliphatic carbocycles. The van der Waals surface area contributed by atoms with Crippen LogP contribution in [-0.2, 0) is 11.0 Å². The van der Waals surface area contributed by atoms with E-state index in [1.165, 1.54) is 0 Å². The van der Waals surface area contributed by atoms with Crippen LogP contribution < -0.4 is 10.5 Å². The van der Waals surface area contributed by atoms with Gasteiger partial charge in [0.2, 0.25) is 5.91 Å². The summed E-state index contributed by atoms with van der Waals surface area (Å²) in [5.41, 5.74) is -3.07. The van der Waals surface area contributed by atoms with Gasteiger partial charge in [-0.1, -0.05) is 24.2 Å². The molecule has 0 atom stereocenters. The number of hydrogen-bond donors (Lipinski definition) is 0. The summed E-state index contributed by atoms with van der Waals surface area (Å²) in [6.07, 6.45) is -0.759. The fourth-order valence-corrected chi connectivity index (χ4v) is 5.12. The SMILES string of the molecule is O=C1CN(c2nc(=O)c3cc(C(F)(F)F)cc([N+](=O)[O-])c3s2)CCN1C1CCCC1. The Hall–Kier alpha value is -2.76. The molecule has 1 amide bonds. The summed E-state index contributed by atoms with van der Waals surface area (Å²) in [4.78, 5) is 42.7. The zero-order chi connectivity index (χ0) is 21.6. The molecule has 1 aliphatic heterocycles. The summed E-state index contributed by atoms with van der Waals surface area (Å²) in [7, 11) is 0. The van der Waals surface area contributed by atoms with Gasteiger partial charge in [0.1, 0.15) is 4.70 Å². The second kappa shape index (κ2) is 7.49. The van der Waals surface area contributed by atoms with Gasteiger partial charge in [-0.25, -0.2) is 0 Å². The van der Waals surface area contributed by atoms with Gasteiger partial charge in [0.25, 0.3) is 11.2 Å². The van der Waals surface area contributed by atoms with Crippen molar-refractivity contribution in [2.24, 2.45) is 0 Å². The Labute approximate surface area is 172 Å². The average Bonchev–Trinajstić information content (AvgIpc) is 3.20. The van der Waals surface area contributed by atoms with Gasteiger partial charge in [-0.05, 0) is 18.9 Å². The molecule has 0 N–H and O–H groups in total. The Morgan fingerprint density at radius 2 is 1.87 bits per heavy atom. The Bertz CT molecular complexity index is 1080. The molecule has 1 saturated carbocycles. The van der Waals surface area contributed by atoms with Crippen molar-refractivity contribution in [2.45, 2.75) is 37.9 Å². The van der Waals surface area contributed by atoms with E-state index in [4.69, 9.17) is 0 Å². The number of piperazine rings is 1. The first-order valence-corrected chi connectivity index (χ1v) is 10.2. The number of halogens is 3. The van der Waals surface area contributed by atoms with Gasteiger partial charge in [-0.2, -0.15) is 18.2 Å². The third kappa shape index (κ3) is 3.71. The van der Waals surface area contributed by atoms with E-state index in [9.17, 15) is 32.9 Å². The first-order chi connectivity index (χ1) is 14.1. The molecular weight excluding hydrogens is 425 g/mol. The van der Waals surface area contributed by atoms with E-state index in [0.29, 0.717) is 25.2 Å². The summed E-state index contributed by atoms with van der Waals surface area (Å²) < 4.78 is 39.0. The van der Waals surface area contributed by atoms with Crippen LogP contribution in [0.25, 0.3) is 10.1 Å². The quantitative estimate of drug-likeness (QED) is 0.535. The second-order valence-electron chi connectivity index (χ2n) is 7.38. The normalized spacial score (nSPS) is 18.4. The van der Waals surface area contributed by atoms with Crippen LogP contribution in [0.3, 0.4) is 0 Å². The number of fused-ring (bicyclic) bond motifs is 1. The van der Waals surface area contributed by atoms with Crippen LogP contribution in [0, 0.1) is 10.1 Å². The smallest absolute Gasteiger partial charge is 0.337 e. The van der Waals surface area contributed by atoms with Crippen LogP contribution in [0.15, 0.2) is 16.9 Å². The molecule has 8 nitrogen and oxygen atoms in total. The lowest BCUT2D eigenvalue weighted by Gasteiger charge is -2.37. The molecule has 0 radical (unpaired) electrons. The zero-order valence-electron chi connectivity index (χ0n) is 15.6. The van der Waals surface area contributed by atoms with Crippen molar-refractivity contribution in [3.8, 4) is 0 Å². The standard InChI is InChI=1S/C18H17F3N4O4S/c19-18(20,21)10-7-12-15(13(8-10)25(28)29)30-17(22-16(12)27)23-5-6-24(14(26)9-23)11-3-1-2-4-11/h7-8,11H,1-6,9H2. The largest absolute Gasteiger partial charge is 0.416 e. The molecule has 1 aromatic carbocycles. The number of nitro groups is 1. The number of amides is 1.